The third kappa shape index (κ3) is 12.5. The highest BCUT2D eigenvalue weighted by Gasteiger charge is 2.30. The Morgan fingerprint density at radius 3 is 1.18 bits per heavy atom. The predicted octanol–water partition coefficient (Wildman–Crippen LogP) is 19.7. The molecule has 16 rings (SSSR count). The molecule has 0 atom stereocenters. The molecule has 8 aromatic carbocycles. The molecule has 4 aromatic heterocycles. The Kier molecular flexibility index (Phi) is 14.7. The fourth-order valence-electron chi connectivity index (χ4n) is 15.4. The van der Waals surface area contributed by atoms with Crippen molar-refractivity contribution in [3.8, 4) is 89.5 Å². The molecule has 0 unspecified atom stereocenters. The van der Waals surface area contributed by atoms with Crippen LogP contribution in [-0.4, -0.2) is 0 Å². The van der Waals surface area contributed by atoms with Gasteiger partial charge in [-0.1, -0.05) is 141 Å². The standard InChI is InChI=1S/C26H30N.2C22H22N.C21H20N/c1-17-16-27(6)24(14-21(17)15-26(3,4)5)22-12-11-20-13-19-9-7-8-10-23(19)25(20)18(22)2;1-14-5-8-20-18(11-14)12-17-7-9-19(16(3)22(17)20)21-10-6-15(2)13-23(21)4;1-14-5-7-20-18(11-14)13-17-6-8-19(16(3)22(17)20)21-12-15(2)9-10-23(21)4;1-14-7-9-19-17(12-14)13-16-8-10-18(15(2)21(16)19)20-6-4-5-11-22(20)3/h7-12,14,16H,13,15H2,1-6H3;5-11,13H,12H2,1-4H3;5-12H,13H2,1-4H3;4-12H,13H2,1-3H3/q4*+1/i1D3,15D2;2D3;;. The first-order chi connectivity index (χ1) is 48.7. The van der Waals surface area contributed by atoms with Crippen molar-refractivity contribution in [2.75, 3.05) is 0 Å². The monoisotopic (exact) mass is 1250 g/mol. The highest BCUT2D eigenvalue weighted by molar-refractivity contribution is 5.88. The summed E-state index contributed by atoms with van der Waals surface area (Å²) in [5.74, 6) is 0. The highest BCUT2D eigenvalue weighted by atomic mass is 14.9. The Hall–Kier alpha value is -9.64. The molecular weight excluding hydrogens is 1150 g/mol. The zero-order valence-corrected chi connectivity index (χ0v) is 58.2. The van der Waals surface area contributed by atoms with E-state index in [0.29, 0.717) is 5.56 Å². The van der Waals surface area contributed by atoms with E-state index in [9.17, 15) is 0 Å². The van der Waals surface area contributed by atoms with Crippen LogP contribution in [0.2, 0.25) is 0 Å². The van der Waals surface area contributed by atoms with Crippen molar-refractivity contribution in [3.63, 3.8) is 0 Å². The maximum atomic E-state index is 8.85. The van der Waals surface area contributed by atoms with Crippen LogP contribution in [0.4, 0.5) is 0 Å². The van der Waals surface area contributed by atoms with Gasteiger partial charge in [-0.25, -0.2) is 18.3 Å². The Bertz CT molecular complexity index is 5410. The summed E-state index contributed by atoms with van der Waals surface area (Å²) in [7, 11) is 7.98. The van der Waals surface area contributed by atoms with Gasteiger partial charge in [-0.2, -0.15) is 0 Å². The first kappa shape index (κ1) is 54.7. The number of aromatic nitrogens is 4. The molecule has 0 N–H and O–H groups in total. The summed E-state index contributed by atoms with van der Waals surface area (Å²) in [6, 6.07) is 62.8. The molecule has 12 aromatic rings. The average molecular weight is 1250 g/mol. The number of fused-ring (bicyclic) bond motifs is 12. The maximum absolute atomic E-state index is 8.85. The minimum absolute atomic E-state index is 0.0628. The normalized spacial score (nSPS) is 14.0. The molecule has 4 nitrogen and oxygen atoms in total. The second-order valence-electron chi connectivity index (χ2n) is 28.2. The molecule has 0 fully saturated rings. The first-order valence-corrected chi connectivity index (χ1v) is 33.5. The summed E-state index contributed by atoms with van der Waals surface area (Å²) >= 11 is 0. The topological polar surface area (TPSA) is 15.5 Å². The quantitative estimate of drug-likeness (QED) is 0.153. The highest BCUT2D eigenvalue weighted by Crippen LogP contribution is 2.46. The Morgan fingerprint density at radius 1 is 0.326 bits per heavy atom. The van der Waals surface area contributed by atoms with Gasteiger partial charge >= 0.3 is 0 Å². The summed E-state index contributed by atoms with van der Waals surface area (Å²) in [5.41, 5.74) is 41.6. The maximum Gasteiger partial charge on any atom is 0.212 e. The number of aryl methyl sites for hydroxylation is 10. The predicted molar refractivity (Wildman–Crippen MR) is 396 cm³/mol. The van der Waals surface area contributed by atoms with Crippen molar-refractivity contribution in [1.82, 2.24) is 0 Å². The van der Waals surface area contributed by atoms with Crippen molar-refractivity contribution in [2.24, 2.45) is 33.6 Å². The molecule has 0 saturated heterocycles. The van der Waals surface area contributed by atoms with E-state index in [-0.39, 0.29) is 11.1 Å². The van der Waals surface area contributed by atoms with Gasteiger partial charge < -0.3 is 0 Å². The van der Waals surface area contributed by atoms with Crippen LogP contribution in [0.1, 0.15) is 137 Å². The Labute approximate surface area is 577 Å². The fourth-order valence-corrected chi connectivity index (χ4v) is 15.4. The van der Waals surface area contributed by atoms with E-state index in [1.165, 1.54) is 150 Å². The number of hydrogen-bond donors (Lipinski definition) is 0. The number of hydrogen-bond acceptors (Lipinski definition) is 0. The second-order valence-corrected chi connectivity index (χ2v) is 28.2. The first-order valence-electron chi connectivity index (χ1n) is 37.5. The van der Waals surface area contributed by atoms with Crippen molar-refractivity contribution < 1.29 is 29.2 Å². The molecule has 474 valence electrons. The zero-order valence-electron chi connectivity index (χ0n) is 66.2. The van der Waals surface area contributed by atoms with Gasteiger partial charge in [-0.3, -0.25) is 0 Å². The van der Waals surface area contributed by atoms with Crippen molar-refractivity contribution in [2.45, 2.75) is 122 Å². The summed E-state index contributed by atoms with van der Waals surface area (Å²) in [5, 5.41) is 0. The van der Waals surface area contributed by atoms with Gasteiger partial charge in [0.2, 0.25) is 22.8 Å². The lowest BCUT2D eigenvalue weighted by molar-refractivity contribution is -0.660. The molecule has 0 aliphatic heterocycles. The molecule has 4 aliphatic carbocycles. The summed E-state index contributed by atoms with van der Waals surface area (Å²) in [6.07, 6.45) is 9.76. The van der Waals surface area contributed by atoms with Gasteiger partial charge in [-0.05, 0) is 265 Å². The molecule has 4 heterocycles. The molecule has 0 bridgehead atoms. The minimum Gasteiger partial charge on any atom is -0.201 e. The largest absolute Gasteiger partial charge is 0.212 e. The lowest BCUT2D eigenvalue weighted by Crippen LogP contribution is -2.32. The SMILES string of the molecule is Cc1ccc2c(c1)Cc1ccc(-c3cc(C)cc[n+]3C)c(C)c1-2.Cc1ccc2c(c1)Cc1ccc(-c3cccc[n+]3C)c(C)c1-2.[2H]C([2H])([2H])c1c[n+](C)c(-c2ccc3c(c2C)-c2ccccc2C3)cc1C([2H])([2H])C(C)(C)C.[2H]C([2H])([2H])c1ccc(-c2ccc3c(c2C)-c2ccc(C)cc2C3)[n+](C)c1. The smallest absolute Gasteiger partial charge is 0.201 e. The van der Waals surface area contributed by atoms with Crippen molar-refractivity contribution >= 4 is 0 Å². The summed E-state index contributed by atoms with van der Waals surface area (Å²) in [4.78, 5) is 0. The summed E-state index contributed by atoms with van der Waals surface area (Å²) < 4.78 is 72.8. The van der Waals surface area contributed by atoms with Crippen LogP contribution >= 0.6 is 0 Å². The number of benzene rings is 8. The minimum atomic E-state index is -2.41. The molecule has 0 amide bonds. The zero-order chi connectivity index (χ0) is 73.7. The number of pyridine rings is 4. The van der Waals surface area contributed by atoms with E-state index >= 15 is 0 Å². The molecule has 4 heteroatoms. The molecule has 0 saturated carbocycles. The van der Waals surface area contributed by atoms with Gasteiger partial charge in [0.05, 0.1) is 0 Å². The Morgan fingerprint density at radius 2 is 0.716 bits per heavy atom. The van der Waals surface area contributed by atoms with Crippen molar-refractivity contribution in [1.29, 1.82) is 0 Å². The summed E-state index contributed by atoms with van der Waals surface area (Å²) in [6.45, 7) is 18.4. The van der Waals surface area contributed by atoms with Crippen LogP contribution in [0.3, 0.4) is 0 Å². The van der Waals surface area contributed by atoms with Crippen LogP contribution < -0.4 is 18.3 Å². The Balaban J connectivity index is 0.000000123. The third-order valence-electron chi connectivity index (χ3n) is 20.0. The number of nitrogens with zero attached hydrogens (tertiary/aromatic N) is 4. The van der Waals surface area contributed by atoms with Crippen LogP contribution in [0, 0.1) is 74.5 Å². The van der Waals surface area contributed by atoms with Crippen LogP contribution in [0.25, 0.3) is 89.5 Å². The lowest BCUT2D eigenvalue weighted by Gasteiger charge is -2.20. The third-order valence-corrected chi connectivity index (χ3v) is 20.0. The van der Waals surface area contributed by atoms with Crippen LogP contribution in [-0.2, 0) is 60.2 Å². The fraction of sp³-hybridized carbons (Fsp3) is 0.253. The van der Waals surface area contributed by atoms with Gasteiger partial charge in [0.25, 0.3) is 0 Å². The molecule has 0 spiro atoms. The van der Waals surface area contributed by atoms with Crippen LogP contribution in [0.15, 0.2) is 201 Å². The van der Waals surface area contributed by atoms with Crippen molar-refractivity contribution in [3.05, 3.63) is 306 Å². The van der Waals surface area contributed by atoms with Gasteiger partial charge in [0.1, 0.15) is 28.2 Å². The van der Waals surface area contributed by atoms with Gasteiger partial charge in [-0.15, -0.1) is 0 Å². The molecular formula is C91H94N4+4. The van der Waals surface area contributed by atoms with E-state index in [0.717, 1.165) is 53.8 Å². The van der Waals surface area contributed by atoms with E-state index in [2.05, 4.69) is 249 Å². The second kappa shape index (κ2) is 25.6. The molecule has 95 heavy (non-hydrogen) atoms. The van der Waals surface area contributed by atoms with E-state index in [1.807, 2.05) is 29.3 Å². The molecule has 4 aliphatic rings. The van der Waals surface area contributed by atoms with E-state index < -0.39 is 25.5 Å². The molecule has 0 radical (unpaired) electrons. The van der Waals surface area contributed by atoms with Gasteiger partial charge in [0.15, 0.2) is 24.8 Å². The average Bonchev–Trinajstić information content (AvgIpc) is 1.41. The number of rotatable bonds is 5. The van der Waals surface area contributed by atoms with Gasteiger partial charge in [0, 0.05) is 80.7 Å². The van der Waals surface area contributed by atoms with E-state index in [4.69, 9.17) is 11.0 Å². The van der Waals surface area contributed by atoms with Crippen LogP contribution in [0.5, 0.6) is 0 Å². The lowest BCUT2D eigenvalue weighted by atomic mass is 9.86. The van der Waals surface area contributed by atoms with E-state index in [1.54, 1.807) is 45.3 Å².